The molecule has 21 heavy (non-hydrogen) atoms. The van der Waals surface area contributed by atoms with Crippen molar-refractivity contribution in [3.05, 3.63) is 47.9 Å². The molecular formula is C16H17NO4. The Bertz CT molecular complexity index is 635. The molecular weight excluding hydrogens is 270 g/mol. The van der Waals surface area contributed by atoms with Crippen molar-refractivity contribution in [1.82, 2.24) is 5.32 Å². The summed E-state index contributed by atoms with van der Waals surface area (Å²) in [5, 5.41) is 2.80. The smallest absolute Gasteiger partial charge is 0.287 e. The standard InChI is InChI=1S/C16H17NO4/c1-2-11-7-8-15(20-11)16(18)17-9-12-10-19-13-5-3-4-6-14(13)21-12/h3-8,12H,2,9-10H2,1H3,(H,17,18)/t12-/m1/s1. The lowest BCUT2D eigenvalue weighted by Crippen LogP contribution is -2.40. The number of ether oxygens (including phenoxy) is 2. The molecule has 0 fully saturated rings. The van der Waals surface area contributed by atoms with E-state index in [0.29, 0.717) is 24.7 Å². The van der Waals surface area contributed by atoms with E-state index in [9.17, 15) is 4.79 Å². The highest BCUT2D eigenvalue weighted by Crippen LogP contribution is 2.30. The maximum Gasteiger partial charge on any atom is 0.287 e. The lowest BCUT2D eigenvalue weighted by atomic mass is 10.2. The summed E-state index contributed by atoms with van der Waals surface area (Å²) in [5.41, 5.74) is 0. The summed E-state index contributed by atoms with van der Waals surface area (Å²) in [4.78, 5) is 12.0. The highest BCUT2D eigenvalue weighted by atomic mass is 16.6. The molecule has 1 aliphatic heterocycles. The Balaban J connectivity index is 1.55. The van der Waals surface area contributed by atoms with Crippen molar-refractivity contribution in [2.45, 2.75) is 19.4 Å². The van der Waals surface area contributed by atoms with Gasteiger partial charge in [-0.3, -0.25) is 4.79 Å². The molecule has 0 radical (unpaired) electrons. The van der Waals surface area contributed by atoms with Crippen molar-refractivity contribution in [2.75, 3.05) is 13.2 Å². The van der Waals surface area contributed by atoms with E-state index in [0.717, 1.165) is 17.9 Å². The van der Waals surface area contributed by atoms with Gasteiger partial charge >= 0.3 is 0 Å². The zero-order valence-corrected chi connectivity index (χ0v) is 11.8. The van der Waals surface area contributed by atoms with Gasteiger partial charge in [-0.05, 0) is 24.3 Å². The summed E-state index contributed by atoms with van der Waals surface area (Å²) in [6, 6.07) is 11.0. The molecule has 0 unspecified atom stereocenters. The van der Waals surface area contributed by atoms with Crippen LogP contribution in [0.4, 0.5) is 0 Å². The first-order valence-electron chi connectivity index (χ1n) is 7.01. The van der Waals surface area contributed by atoms with Crippen molar-refractivity contribution in [3.8, 4) is 11.5 Å². The fraction of sp³-hybridized carbons (Fsp3) is 0.312. The molecule has 1 amide bonds. The van der Waals surface area contributed by atoms with Gasteiger partial charge in [0.15, 0.2) is 17.3 Å². The van der Waals surface area contributed by atoms with Crippen LogP contribution in [0.25, 0.3) is 0 Å². The van der Waals surface area contributed by atoms with Gasteiger partial charge in [0.2, 0.25) is 0 Å². The van der Waals surface area contributed by atoms with Crippen LogP contribution in [-0.2, 0) is 6.42 Å². The average Bonchev–Trinajstić information content (AvgIpc) is 3.01. The normalized spacial score (nSPS) is 16.5. The van der Waals surface area contributed by atoms with Gasteiger partial charge in [-0.1, -0.05) is 19.1 Å². The molecule has 0 aliphatic carbocycles. The number of furan rings is 1. The molecule has 5 nitrogen and oxygen atoms in total. The molecule has 1 N–H and O–H groups in total. The zero-order valence-electron chi connectivity index (χ0n) is 11.8. The predicted octanol–water partition coefficient (Wildman–Crippen LogP) is 2.41. The largest absolute Gasteiger partial charge is 0.486 e. The molecule has 1 aromatic heterocycles. The molecule has 0 spiro atoms. The summed E-state index contributed by atoms with van der Waals surface area (Å²) in [6.07, 6.45) is 0.563. The summed E-state index contributed by atoms with van der Waals surface area (Å²) in [5.74, 6) is 2.32. The van der Waals surface area contributed by atoms with E-state index in [4.69, 9.17) is 13.9 Å². The fourth-order valence-electron chi connectivity index (χ4n) is 2.15. The highest BCUT2D eigenvalue weighted by molar-refractivity contribution is 5.91. The van der Waals surface area contributed by atoms with Gasteiger partial charge in [-0.2, -0.15) is 0 Å². The van der Waals surface area contributed by atoms with E-state index in [2.05, 4.69) is 5.32 Å². The Kier molecular flexibility index (Phi) is 3.81. The third-order valence-electron chi connectivity index (χ3n) is 3.29. The Labute approximate surface area is 122 Å². The number of hydrogen-bond donors (Lipinski definition) is 1. The molecule has 1 atom stereocenters. The lowest BCUT2D eigenvalue weighted by Gasteiger charge is -2.26. The van der Waals surface area contributed by atoms with Crippen molar-refractivity contribution in [1.29, 1.82) is 0 Å². The monoisotopic (exact) mass is 287 g/mol. The van der Waals surface area contributed by atoms with Gasteiger partial charge in [0, 0.05) is 6.42 Å². The number of hydrogen-bond acceptors (Lipinski definition) is 4. The van der Waals surface area contributed by atoms with Crippen LogP contribution in [0.1, 0.15) is 23.2 Å². The van der Waals surface area contributed by atoms with E-state index >= 15 is 0 Å². The number of carbonyl (C=O) groups excluding carboxylic acids is 1. The summed E-state index contributed by atoms with van der Waals surface area (Å²) >= 11 is 0. The first-order valence-corrected chi connectivity index (χ1v) is 7.01. The topological polar surface area (TPSA) is 60.7 Å². The van der Waals surface area contributed by atoms with E-state index < -0.39 is 0 Å². The van der Waals surface area contributed by atoms with E-state index in [-0.39, 0.29) is 12.0 Å². The van der Waals surface area contributed by atoms with Crippen LogP contribution in [0.5, 0.6) is 11.5 Å². The quantitative estimate of drug-likeness (QED) is 0.938. The number of fused-ring (bicyclic) bond motifs is 1. The molecule has 0 saturated carbocycles. The summed E-state index contributed by atoms with van der Waals surface area (Å²) in [7, 11) is 0. The molecule has 1 aromatic carbocycles. The zero-order chi connectivity index (χ0) is 14.7. The van der Waals surface area contributed by atoms with Crippen LogP contribution in [0.15, 0.2) is 40.8 Å². The Hall–Kier alpha value is -2.43. The minimum atomic E-state index is -0.239. The van der Waals surface area contributed by atoms with Crippen LogP contribution in [0, 0.1) is 0 Å². The van der Waals surface area contributed by atoms with Crippen LogP contribution in [0.3, 0.4) is 0 Å². The Morgan fingerprint density at radius 1 is 1.24 bits per heavy atom. The Morgan fingerprint density at radius 2 is 2.05 bits per heavy atom. The van der Waals surface area contributed by atoms with Crippen LogP contribution < -0.4 is 14.8 Å². The van der Waals surface area contributed by atoms with Crippen molar-refractivity contribution < 1.29 is 18.7 Å². The van der Waals surface area contributed by atoms with Crippen LogP contribution in [0.2, 0.25) is 0 Å². The first-order chi connectivity index (χ1) is 10.3. The summed E-state index contributed by atoms with van der Waals surface area (Å²) in [6.45, 7) is 2.76. The van der Waals surface area contributed by atoms with Crippen molar-refractivity contribution in [2.24, 2.45) is 0 Å². The summed E-state index contributed by atoms with van der Waals surface area (Å²) < 4.78 is 16.8. The average molecular weight is 287 g/mol. The van der Waals surface area contributed by atoms with Crippen molar-refractivity contribution in [3.63, 3.8) is 0 Å². The molecule has 3 rings (SSSR count). The molecule has 2 aromatic rings. The number of aryl methyl sites for hydroxylation is 1. The minimum absolute atomic E-state index is 0.204. The van der Waals surface area contributed by atoms with E-state index in [1.807, 2.05) is 37.3 Å². The number of benzene rings is 1. The van der Waals surface area contributed by atoms with Crippen molar-refractivity contribution >= 4 is 5.91 Å². The van der Waals surface area contributed by atoms with Gasteiger partial charge in [0.05, 0.1) is 6.54 Å². The number of rotatable bonds is 4. The SMILES string of the molecule is CCc1ccc(C(=O)NC[C@@H]2COc3ccccc3O2)o1. The fourth-order valence-corrected chi connectivity index (χ4v) is 2.15. The molecule has 1 aliphatic rings. The second-order valence-electron chi connectivity index (χ2n) is 4.83. The van der Waals surface area contributed by atoms with Gasteiger partial charge in [-0.25, -0.2) is 0 Å². The van der Waals surface area contributed by atoms with Gasteiger partial charge in [0.1, 0.15) is 18.5 Å². The van der Waals surface area contributed by atoms with Gasteiger partial charge in [0.25, 0.3) is 5.91 Å². The molecule has 0 saturated heterocycles. The predicted molar refractivity (Wildman–Crippen MR) is 76.8 cm³/mol. The third kappa shape index (κ3) is 3.02. The maximum absolute atomic E-state index is 12.0. The Morgan fingerprint density at radius 3 is 2.81 bits per heavy atom. The molecule has 2 heterocycles. The molecule has 5 heteroatoms. The molecule has 0 bridgehead atoms. The second kappa shape index (κ2) is 5.91. The van der Waals surface area contributed by atoms with Crippen LogP contribution in [-0.4, -0.2) is 25.2 Å². The van der Waals surface area contributed by atoms with E-state index in [1.165, 1.54) is 0 Å². The van der Waals surface area contributed by atoms with Gasteiger partial charge < -0.3 is 19.2 Å². The lowest BCUT2D eigenvalue weighted by molar-refractivity contribution is 0.0772. The first kappa shape index (κ1) is 13.5. The minimum Gasteiger partial charge on any atom is -0.486 e. The molecule has 110 valence electrons. The number of carbonyl (C=O) groups is 1. The number of para-hydroxylation sites is 2. The van der Waals surface area contributed by atoms with E-state index in [1.54, 1.807) is 6.07 Å². The third-order valence-corrected chi connectivity index (χ3v) is 3.29. The maximum atomic E-state index is 12.0. The number of nitrogens with one attached hydrogen (secondary N) is 1. The number of amides is 1. The van der Waals surface area contributed by atoms with Crippen LogP contribution >= 0.6 is 0 Å². The highest BCUT2D eigenvalue weighted by Gasteiger charge is 2.21. The second-order valence-corrected chi connectivity index (χ2v) is 4.83. The van der Waals surface area contributed by atoms with Gasteiger partial charge in [-0.15, -0.1) is 0 Å².